The zero-order valence-electron chi connectivity index (χ0n) is 10.3. The van der Waals surface area contributed by atoms with E-state index in [0.29, 0.717) is 29.0 Å². The molecule has 1 heterocycles. The third-order valence-corrected chi connectivity index (χ3v) is 3.49. The van der Waals surface area contributed by atoms with Gasteiger partial charge in [-0.05, 0) is 44.0 Å². The van der Waals surface area contributed by atoms with Crippen LogP contribution in [-0.2, 0) is 0 Å². The van der Waals surface area contributed by atoms with E-state index in [9.17, 15) is 0 Å². The molecule has 1 aromatic rings. The fourth-order valence-electron chi connectivity index (χ4n) is 2.17. The maximum Gasteiger partial charge on any atom is 0.137 e. The Kier molecular flexibility index (Phi) is 4.86. The van der Waals surface area contributed by atoms with Crippen molar-refractivity contribution in [3.05, 3.63) is 28.8 Å². The Bertz CT molecular complexity index is 436. The van der Waals surface area contributed by atoms with Crippen LogP contribution in [0.4, 0.5) is 0 Å². The predicted molar refractivity (Wildman–Crippen MR) is 71.9 cm³/mol. The van der Waals surface area contributed by atoms with Crippen molar-refractivity contribution in [2.75, 3.05) is 13.2 Å². The summed E-state index contributed by atoms with van der Waals surface area (Å²) in [4.78, 5) is 0. The average molecular weight is 265 g/mol. The topological polar surface area (TPSA) is 45.0 Å². The van der Waals surface area contributed by atoms with Crippen molar-refractivity contribution < 1.29 is 4.74 Å². The van der Waals surface area contributed by atoms with E-state index in [4.69, 9.17) is 21.6 Å². The molecule has 1 fully saturated rings. The van der Waals surface area contributed by atoms with Gasteiger partial charge in [-0.3, -0.25) is 0 Å². The predicted octanol–water partition coefficient (Wildman–Crippen LogP) is 3.12. The molecule has 1 atom stereocenters. The van der Waals surface area contributed by atoms with Crippen molar-refractivity contribution in [2.24, 2.45) is 0 Å². The molecule has 4 heteroatoms. The van der Waals surface area contributed by atoms with Crippen molar-refractivity contribution in [1.29, 1.82) is 5.26 Å². The Morgan fingerprint density at radius 3 is 3.00 bits per heavy atom. The first kappa shape index (κ1) is 13.2. The molecule has 1 aliphatic rings. The molecule has 0 aromatic heterocycles. The monoisotopic (exact) mass is 264 g/mol. The summed E-state index contributed by atoms with van der Waals surface area (Å²) < 4.78 is 5.66. The van der Waals surface area contributed by atoms with E-state index in [1.54, 1.807) is 18.2 Å². The lowest BCUT2D eigenvalue weighted by Gasteiger charge is -2.23. The normalized spacial score (nSPS) is 19.2. The second kappa shape index (κ2) is 6.63. The molecule has 0 aliphatic carbocycles. The second-order valence-electron chi connectivity index (χ2n) is 4.54. The van der Waals surface area contributed by atoms with Gasteiger partial charge in [0, 0.05) is 6.04 Å². The van der Waals surface area contributed by atoms with Gasteiger partial charge in [-0.2, -0.15) is 5.26 Å². The molecule has 0 radical (unpaired) electrons. The van der Waals surface area contributed by atoms with Gasteiger partial charge in [0.15, 0.2) is 0 Å². The van der Waals surface area contributed by atoms with Gasteiger partial charge in [0.1, 0.15) is 5.75 Å². The molecule has 3 nitrogen and oxygen atoms in total. The van der Waals surface area contributed by atoms with Gasteiger partial charge in [-0.15, -0.1) is 0 Å². The molecule has 1 aromatic carbocycles. The summed E-state index contributed by atoms with van der Waals surface area (Å²) in [6.45, 7) is 1.77. The molecule has 18 heavy (non-hydrogen) atoms. The van der Waals surface area contributed by atoms with Gasteiger partial charge >= 0.3 is 0 Å². The van der Waals surface area contributed by atoms with Crippen LogP contribution in [0.15, 0.2) is 18.2 Å². The van der Waals surface area contributed by atoms with E-state index in [0.717, 1.165) is 13.0 Å². The lowest BCUT2D eigenvalue weighted by atomic mass is 10.0. The number of halogens is 1. The summed E-state index contributed by atoms with van der Waals surface area (Å²) in [6.07, 6.45) is 4.80. The average Bonchev–Trinajstić information content (AvgIpc) is 2.42. The van der Waals surface area contributed by atoms with Crippen LogP contribution in [0.25, 0.3) is 0 Å². The first-order chi connectivity index (χ1) is 8.79. The number of nitriles is 1. The number of piperidine rings is 1. The molecule has 1 N–H and O–H groups in total. The minimum Gasteiger partial charge on any atom is -0.492 e. The highest BCUT2D eigenvalue weighted by Crippen LogP contribution is 2.25. The lowest BCUT2D eigenvalue weighted by molar-refractivity contribution is 0.268. The van der Waals surface area contributed by atoms with Crippen molar-refractivity contribution in [1.82, 2.24) is 5.32 Å². The second-order valence-corrected chi connectivity index (χ2v) is 4.95. The first-order valence-corrected chi connectivity index (χ1v) is 6.73. The van der Waals surface area contributed by atoms with Crippen LogP contribution < -0.4 is 10.1 Å². The molecule has 1 unspecified atom stereocenters. The summed E-state index contributed by atoms with van der Waals surface area (Å²) in [6, 6.07) is 7.73. The van der Waals surface area contributed by atoms with E-state index in [2.05, 4.69) is 11.4 Å². The Morgan fingerprint density at radius 2 is 2.33 bits per heavy atom. The Balaban J connectivity index is 1.81. The summed E-state index contributed by atoms with van der Waals surface area (Å²) in [5.74, 6) is 0.659. The van der Waals surface area contributed by atoms with Gasteiger partial charge in [0.25, 0.3) is 0 Å². The van der Waals surface area contributed by atoms with E-state index in [1.165, 1.54) is 19.3 Å². The van der Waals surface area contributed by atoms with E-state index < -0.39 is 0 Å². The smallest absolute Gasteiger partial charge is 0.137 e. The summed E-state index contributed by atoms with van der Waals surface area (Å²) in [5.41, 5.74) is 0.557. The third kappa shape index (κ3) is 3.63. The Hall–Kier alpha value is -1.24. The van der Waals surface area contributed by atoms with Gasteiger partial charge in [0.05, 0.1) is 23.3 Å². The van der Waals surface area contributed by atoms with Gasteiger partial charge in [0.2, 0.25) is 0 Å². The van der Waals surface area contributed by atoms with Crippen molar-refractivity contribution in [3.8, 4) is 11.8 Å². The molecule has 1 saturated heterocycles. The van der Waals surface area contributed by atoms with E-state index >= 15 is 0 Å². The van der Waals surface area contributed by atoms with Gasteiger partial charge < -0.3 is 10.1 Å². The fourth-order valence-corrected chi connectivity index (χ4v) is 2.40. The quantitative estimate of drug-likeness (QED) is 0.909. The third-order valence-electron chi connectivity index (χ3n) is 3.20. The first-order valence-electron chi connectivity index (χ1n) is 6.35. The molecule has 0 saturated carbocycles. The van der Waals surface area contributed by atoms with E-state index in [-0.39, 0.29) is 0 Å². The van der Waals surface area contributed by atoms with Crippen LogP contribution >= 0.6 is 11.6 Å². The Labute approximate surface area is 113 Å². The maximum absolute atomic E-state index is 8.74. The van der Waals surface area contributed by atoms with Gasteiger partial charge in [-0.25, -0.2) is 0 Å². The van der Waals surface area contributed by atoms with Crippen LogP contribution in [0.2, 0.25) is 5.02 Å². The molecule has 96 valence electrons. The highest BCUT2D eigenvalue weighted by Gasteiger charge is 2.12. The van der Waals surface area contributed by atoms with Crippen molar-refractivity contribution in [3.63, 3.8) is 0 Å². The standard InChI is InChI=1S/C14H17ClN2O/c15-13-9-11(10-16)4-5-14(13)18-8-6-12-3-1-2-7-17-12/h4-5,9,12,17H,1-3,6-8H2. The number of nitrogens with one attached hydrogen (secondary N) is 1. The van der Waals surface area contributed by atoms with E-state index in [1.807, 2.05) is 0 Å². The zero-order valence-corrected chi connectivity index (χ0v) is 11.0. The highest BCUT2D eigenvalue weighted by molar-refractivity contribution is 6.32. The summed E-state index contributed by atoms with van der Waals surface area (Å²) >= 11 is 6.04. The number of hydrogen-bond acceptors (Lipinski definition) is 3. The van der Waals surface area contributed by atoms with Gasteiger partial charge in [-0.1, -0.05) is 18.0 Å². The molecular weight excluding hydrogens is 248 g/mol. The Morgan fingerprint density at radius 1 is 1.44 bits per heavy atom. The van der Waals surface area contributed by atoms with Crippen LogP contribution in [0.3, 0.4) is 0 Å². The van der Waals surface area contributed by atoms with Crippen molar-refractivity contribution in [2.45, 2.75) is 31.7 Å². The highest BCUT2D eigenvalue weighted by atomic mass is 35.5. The minimum atomic E-state index is 0.505. The summed E-state index contributed by atoms with van der Waals surface area (Å²) in [7, 11) is 0. The molecule has 2 rings (SSSR count). The molecule has 0 spiro atoms. The molecular formula is C14H17ClN2O. The fraction of sp³-hybridized carbons (Fsp3) is 0.500. The van der Waals surface area contributed by atoms with Crippen LogP contribution in [0, 0.1) is 11.3 Å². The number of ether oxygens (including phenoxy) is 1. The lowest BCUT2D eigenvalue weighted by Crippen LogP contribution is -2.35. The maximum atomic E-state index is 8.74. The number of rotatable bonds is 4. The zero-order chi connectivity index (χ0) is 12.8. The van der Waals surface area contributed by atoms with Crippen LogP contribution in [0.1, 0.15) is 31.2 Å². The van der Waals surface area contributed by atoms with Crippen LogP contribution in [-0.4, -0.2) is 19.2 Å². The SMILES string of the molecule is N#Cc1ccc(OCCC2CCCCN2)c(Cl)c1. The molecule has 1 aliphatic heterocycles. The number of hydrogen-bond donors (Lipinski definition) is 1. The summed E-state index contributed by atoms with van der Waals surface area (Å²) in [5, 5.41) is 12.7. The van der Waals surface area contributed by atoms with Crippen molar-refractivity contribution >= 4 is 11.6 Å². The number of nitrogens with zero attached hydrogens (tertiary/aromatic N) is 1. The minimum absolute atomic E-state index is 0.505. The molecule has 0 bridgehead atoms. The number of benzene rings is 1. The van der Waals surface area contributed by atoms with Crippen LogP contribution in [0.5, 0.6) is 5.75 Å². The molecule has 0 amide bonds. The largest absolute Gasteiger partial charge is 0.492 e.